The highest BCUT2D eigenvalue weighted by Crippen LogP contribution is 2.30. The molecule has 2 N–H and O–H groups in total. The molecule has 1 heterocycles. The van der Waals surface area contributed by atoms with Crippen molar-refractivity contribution in [2.75, 3.05) is 26.9 Å². The summed E-state index contributed by atoms with van der Waals surface area (Å²) < 4.78 is 11.1. The Balaban J connectivity index is 1.58. The number of hydrogen-bond donors (Lipinski definition) is 2. The molecule has 1 aliphatic heterocycles. The van der Waals surface area contributed by atoms with Crippen LogP contribution in [0.3, 0.4) is 0 Å². The molecule has 1 saturated carbocycles. The smallest absolute Gasteiger partial charge is 0.122 e. The van der Waals surface area contributed by atoms with Crippen molar-refractivity contribution in [3.05, 3.63) is 29.3 Å². The standard InChI is InChI=1S/C18H28N2O2/c1-13-6-7-14(10-18(13)21-2)11-20-16-5-3-4-15(16)17-12-22-9-8-19-17/h6-7,10,15-17,19-20H,3-5,8-9,11-12H2,1-2H3. The molecule has 22 heavy (non-hydrogen) atoms. The van der Waals surface area contributed by atoms with Crippen LogP contribution in [0.25, 0.3) is 0 Å². The third kappa shape index (κ3) is 3.62. The lowest BCUT2D eigenvalue weighted by atomic mass is 9.94. The summed E-state index contributed by atoms with van der Waals surface area (Å²) in [5.41, 5.74) is 2.48. The van der Waals surface area contributed by atoms with Gasteiger partial charge in [-0.15, -0.1) is 0 Å². The first kappa shape index (κ1) is 15.8. The largest absolute Gasteiger partial charge is 0.496 e. The highest BCUT2D eigenvalue weighted by Gasteiger charge is 2.34. The maximum Gasteiger partial charge on any atom is 0.122 e. The molecule has 4 nitrogen and oxygen atoms in total. The van der Waals surface area contributed by atoms with Crippen molar-refractivity contribution >= 4 is 0 Å². The van der Waals surface area contributed by atoms with Crippen molar-refractivity contribution < 1.29 is 9.47 Å². The van der Waals surface area contributed by atoms with Crippen molar-refractivity contribution in [1.82, 2.24) is 10.6 Å². The van der Waals surface area contributed by atoms with Gasteiger partial charge >= 0.3 is 0 Å². The second-order valence-corrected chi connectivity index (χ2v) is 6.52. The van der Waals surface area contributed by atoms with E-state index in [2.05, 4.69) is 35.8 Å². The van der Waals surface area contributed by atoms with Gasteiger partial charge < -0.3 is 20.1 Å². The first-order valence-electron chi connectivity index (χ1n) is 8.46. The van der Waals surface area contributed by atoms with Crippen LogP contribution in [0.5, 0.6) is 5.75 Å². The molecule has 0 aromatic heterocycles. The van der Waals surface area contributed by atoms with Crippen LogP contribution in [-0.4, -0.2) is 39.0 Å². The molecule has 122 valence electrons. The van der Waals surface area contributed by atoms with Gasteiger partial charge in [-0.1, -0.05) is 18.6 Å². The lowest BCUT2D eigenvalue weighted by molar-refractivity contribution is 0.0524. The Kier molecular flexibility index (Phi) is 5.34. The molecule has 2 aliphatic rings. The van der Waals surface area contributed by atoms with E-state index >= 15 is 0 Å². The molecular weight excluding hydrogens is 276 g/mol. The van der Waals surface area contributed by atoms with Gasteiger partial charge in [0.15, 0.2) is 0 Å². The molecule has 3 atom stereocenters. The molecule has 1 aliphatic carbocycles. The number of hydrogen-bond acceptors (Lipinski definition) is 4. The number of ether oxygens (including phenoxy) is 2. The SMILES string of the molecule is COc1cc(CNC2CCCC2C2COCCN2)ccc1C. The van der Waals surface area contributed by atoms with Gasteiger partial charge in [-0.3, -0.25) is 0 Å². The summed E-state index contributed by atoms with van der Waals surface area (Å²) in [5.74, 6) is 1.66. The van der Waals surface area contributed by atoms with Gasteiger partial charge in [-0.05, 0) is 42.9 Å². The molecule has 0 spiro atoms. The second kappa shape index (κ2) is 7.44. The van der Waals surface area contributed by atoms with E-state index in [4.69, 9.17) is 9.47 Å². The van der Waals surface area contributed by atoms with E-state index in [0.717, 1.165) is 32.1 Å². The van der Waals surface area contributed by atoms with Crippen molar-refractivity contribution in [3.63, 3.8) is 0 Å². The van der Waals surface area contributed by atoms with E-state index in [1.54, 1.807) is 7.11 Å². The topological polar surface area (TPSA) is 42.5 Å². The monoisotopic (exact) mass is 304 g/mol. The van der Waals surface area contributed by atoms with E-state index < -0.39 is 0 Å². The van der Waals surface area contributed by atoms with Crippen LogP contribution in [-0.2, 0) is 11.3 Å². The number of rotatable bonds is 5. The maximum atomic E-state index is 5.64. The first-order chi connectivity index (χ1) is 10.8. The van der Waals surface area contributed by atoms with E-state index in [1.165, 1.54) is 30.4 Å². The molecule has 3 rings (SSSR count). The zero-order valence-electron chi connectivity index (χ0n) is 13.7. The predicted octanol–water partition coefficient (Wildman–Crippen LogP) is 2.25. The van der Waals surface area contributed by atoms with E-state index in [0.29, 0.717) is 18.0 Å². The molecule has 0 bridgehead atoms. The normalized spacial score (nSPS) is 28.7. The summed E-state index contributed by atoms with van der Waals surface area (Å²) >= 11 is 0. The minimum absolute atomic E-state index is 0.515. The summed E-state index contributed by atoms with van der Waals surface area (Å²) in [6.45, 7) is 5.69. The maximum absolute atomic E-state index is 5.64. The van der Waals surface area contributed by atoms with Crippen LogP contribution >= 0.6 is 0 Å². The highest BCUT2D eigenvalue weighted by atomic mass is 16.5. The molecule has 1 aromatic carbocycles. The van der Waals surface area contributed by atoms with Gasteiger partial charge in [-0.25, -0.2) is 0 Å². The Bertz CT molecular complexity index is 486. The van der Waals surface area contributed by atoms with Crippen molar-refractivity contribution in [2.24, 2.45) is 5.92 Å². The number of benzene rings is 1. The van der Waals surface area contributed by atoms with Crippen molar-refractivity contribution in [2.45, 2.75) is 44.8 Å². The fourth-order valence-electron chi connectivity index (χ4n) is 3.81. The summed E-state index contributed by atoms with van der Waals surface area (Å²) in [7, 11) is 1.74. The number of aryl methyl sites for hydroxylation is 1. The van der Waals surface area contributed by atoms with Gasteiger partial charge in [0.2, 0.25) is 0 Å². The van der Waals surface area contributed by atoms with E-state index in [-0.39, 0.29) is 0 Å². The second-order valence-electron chi connectivity index (χ2n) is 6.52. The van der Waals surface area contributed by atoms with Gasteiger partial charge in [0.05, 0.1) is 20.3 Å². The Labute approximate surface area is 133 Å². The predicted molar refractivity (Wildman–Crippen MR) is 88.3 cm³/mol. The minimum atomic E-state index is 0.515. The van der Waals surface area contributed by atoms with Gasteiger partial charge in [0.25, 0.3) is 0 Å². The zero-order chi connectivity index (χ0) is 15.4. The summed E-state index contributed by atoms with van der Waals surface area (Å²) in [5, 5.41) is 7.39. The van der Waals surface area contributed by atoms with Crippen LogP contribution in [0, 0.1) is 12.8 Å². The molecule has 1 aromatic rings. The number of morpholine rings is 1. The lowest BCUT2D eigenvalue weighted by Crippen LogP contribution is -2.50. The molecule has 3 unspecified atom stereocenters. The average molecular weight is 304 g/mol. The fourth-order valence-corrected chi connectivity index (χ4v) is 3.81. The number of nitrogens with one attached hydrogen (secondary N) is 2. The van der Waals surface area contributed by atoms with Crippen LogP contribution in [0.4, 0.5) is 0 Å². The Hall–Kier alpha value is -1.10. The van der Waals surface area contributed by atoms with Crippen LogP contribution in [0.1, 0.15) is 30.4 Å². The van der Waals surface area contributed by atoms with E-state index in [9.17, 15) is 0 Å². The average Bonchev–Trinajstić information content (AvgIpc) is 3.03. The fraction of sp³-hybridized carbons (Fsp3) is 0.667. The summed E-state index contributed by atoms with van der Waals surface area (Å²) in [6, 6.07) is 7.58. The molecule has 1 saturated heterocycles. The summed E-state index contributed by atoms with van der Waals surface area (Å²) in [6.07, 6.45) is 3.89. The lowest BCUT2D eigenvalue weighted by Gasteiger charge is -2.33. The van der Waals surface area contributed by atoms with Gasteiger partial charge in [0, 0.05) is 25.2 Å². The molecule has 4 heteroatoms. The van der Waals surface area contributed by atoms with Crippen molar-refractivity contribution in [1.29, 1.82) is 0 Å². The molecule has 0 radical (unpaired) electrons. The first-order valence-corrected chi connectivity index (χ1v) is 8.46. The third-order valence-electron chi connectivity index (χ3n) is 5.08. The molecular formula is C18H28N2O2. The highest BCUT2D eigenvalue weighted by molar-refractivity contribution is 5.36. The Morgan fingerprint density at radius 3 is 3.05 bits per heavy atom. The van der Waals surface area contributed by atoms with Crippen LogP contribution in [0.15, 0.2) is 18.2 Å². The van der Waals surface area contributed by atoms with Crippen LogP contribution in [0.2, 0.25) is 0 Å². The van der Waals surface area contributed by atoms with Crippen LogP contribution < -0.4 is 15.4 Å². The van der Waals surface area contributed by atoms with Gasteiger partial charge in [-0.2, -0.15) is 0 Å². The number of methoxy groups -OCH3 is 1. The van der Waals surface area contributed by atoms with Crippen molar-refractivity contribution in [3.8, 4) is 5.75 Å². The Morgan fingerprint density at radius 1 is 1.36 bits per heavy atom. The Morgan fingerprint density at radius 2 is 2.27 bits per heavy atom. The minimum Gasteiger partial charge on any atom is -0.496 e. The zero-order valence-corrected chi connectivity index (χ0v) is 13.7. The molecule has 0 amide bonds. The molecule has 2 fully saturated rings. The quantitative estimate of drug-likeness (QED) is 0.875. The van der Waals surface area contributed by atoms with E-state index in [1.807, 2.05) is 0 Å². The summed E-state index contributed by atoms with van der Waals surface area (Å²) in [4.78, 5) is 0. The third-order valence-corrected chi connectivity index (χ3v) is 5.08. The van der Waals surface area contributed by atoms with Gasteiger partial charge in [0.1, 0.15) is 5.75 Å².